The van der Waals surface area contributed by atoms with Crippen LogP contribution in [0.25, 0.3) is 5.82 Å². The number of allylic oxidation sites excluding steroid dienone is 2. The molecule has 13 heteroatoms. The van der Waals surface area contributed by atoms with Crippen molar-refractivity contribution in [2.45, 2.75) is 6.10 Å². The van der Waals surface area contributed by atoms with E-state index >= 15 is 0 Å². The number of esters is 1. The molecule has 1 atom stereocenters. The van der Waals surface area contributed by atoms with Crippen LogP contribution in [0.2, 0.25) is 0 Å². The smallest absolute Gasteiger partial charge is 0.336 e. The molecule has 0 fully saturated rings. The molecular formula is C13H12N8O5. The Bertz CT molecular complexity index is 940. The summed E-state index contributed by atoms with van der Waals surface area (Å²) in [7, 11) is 1.19. The van der Waals surface area contributed by atoms with Gasteiger partial charge < -0.3 is 15.6 Å². The lowest BCUT2D eigenvalue weighted by Gasteiger charge is -2.15. The third kappa shape index (κ3) is 3.18. The Kier molecular flexibility index (Phi) is 4.53. The van der Waals surface area contributed by atoms with Crippen LogP contribution in [0.3, 0.4) is 0 Å². The van der Waals surface area contributed by atoms with Crippen LogP contribution in [0.1, 0.15) is 10.5 Å². The number of carbonyl (C=O) groups excluding carboxylic acids is 2. The van der Waals surface area contributed by atoms with Gasteiger partial charge in [-0.25, -0.2) is 14.8 Å². The number of hydrogen-bond donors (Lipinski definition) is 3. The fourth-order valence-corrected chi connectivity index (χ4v) is 1.98. The van der Waals surface area contributed by atoms with Gasteiger partial charge in [0, 0.05) is 0 Å². The number of anilines is 1. The Morgan fingerprint density at radius 2 is 2.27 bits per heavy atom. The van der Waals surface area contributed by atoms with Crippen molar-refractivity contribution in [1.29, 1.82) is 0 Å². The lowest BCUT2D eigenvalue weighted by molar-refractivity contribution is -0.136. The second kappa shape index (κ2) is 6.94. The van der Waals surface area contributed by atoms with Gasteiger partial charge in [0.25, 0.3) is 5.91 Å². The molecule has 1 amide bonds. The number of ether oxygens (including phenoxy) is 1. The topological polar surface area (TPSA) is 184 Å². The minimum atomic E-state index is -1.34. The van der Waals surface area contributed by atoms with Crippen LogP contribution in [0, 0.1) is 0 Å². The van der Waals surface area contributed by atoms with Crippen molar-refractivity contribution in [3.05, 3.63) is 35.7 Å². The van der Waals surface area contributed by atoms with Crippen LogP contribution in [0.15, 0.2) is 39.7 Å². The molecule has 1 aliphatic carbocycles. The van der Waals surface area contributed by atoms with E-state index in [-0.39, 0.29) is 28.6 Å². The maximum Gasteiger partial charge on any atom is 0.336 e. The van der Waals surface area contributed by atoms with Crippen molar-refractivity contribution in [2.24, 2.45) is 5.10 Å². The summed E-state index contributed by atoms with van der Waals surface area (Å²) in [5.74, 6) is -1.38. The highest BCUT2D eigenvalue weighted by Crippen LogP contribution is 2.13. The number of aliphatic hydroxyl groups excluding tert-OH is 1. The number of hydrogen-bond acceptors (Lipinski definition) is 11. The van der Waals surface area contributed by atoms with E-state index in [1.165, 1.54) is 31.5 Å². The second-order valence-electron chi connectivity index (χ2n) is 4.87. The van der Waals surface area contributed by atoms with Gasteiger partial charge in [-0.2, -0.15) is 9.78 Å². The third-order valence-electron chi connectivity index (χ3n) is 3.26. The number of nitrogens with zero attached hydrogens (tertiary/aromatic N) is 6. The quantitative estimate of drug-likeness (QED) is 0.421. The maximum atomic E-state index is 12.1. The first-order valence-electron chi connectivity index (χ1n) is 7.04. The standard InChI is InChI=1S/C13H12N8O5/c1-25-13(24)6-3-2-4-7(9(6)22)15-17-12(23)8-5-21(20-16-8)11-10(14)18-26-19-11/h2-5,9,22H,1H3,(H2,14,18)(H,17,23). The molecule has 2 heterocycles. The third-order valence-corrected chi connectivity index (χ3v) is 3.26. The molecule has 0 radical (unpaired) electrons. The van der Waals surface area contributed by atoms with Gasteiger partial charge in [-0.05, 0) is 22.5 Å². The van der Waals surface area contributed by atoms with E-state index in [1.54, 1.807) is 0 Å². The van der Waals surface area contributed by atoms with Gasteiger partial charge in [0.15, 0.2) is 5.69 Å². The minimum Gasteiger partial charge on any atom is -0.466 e. The van der Waals surface area contributed by atoms with Crippen LogP contribution in [0.5, 0.6) is 0 Å². The summed E-state index contributed by atoms with van der Waals surface area (Å²) >= 11 is 0. The highest BCUT2D eigenvalue weighted by Gasteiger charge is 2.25. The molecular weight excluding hydrogens is 348 g/mol. The average molecular weight is 360 g/mol. The summed E-state index contributed by atoms with van der Waals surface area (Å²) in [6.45, 7) is 0. The Morgan fingerprint density at radius 3 is 2.96 bits per heavy atom. The second-order valence-corrected chi connectivity index (χ2v) is 4.87. The van der Waals surface area contributed by atoms with Crippen molar-refractivity contribution in [3.63, 3.8) is 0 Å². The zero-order valence-corrected chi connectivity index (χ0v) is 13.2. The van der Waals surface area contributed by atoms with Crippen LogP contribution in [0.4, 0.5) is 5.82 Å². The van der Waals surface area contributed by atoms with Crippen LogP contribution in [-0.4, -0.2) is 61.2 Å². The average Bonchev–Trinajstić information content (AvgIpc) is 3.28. The summed E-state index contributed by atoms with van der Waals surface area (Å²) in [6, 6.07) is 0. The Balaban J connectivity index is 1.71. The van der Waals surface area contributed by atoms with Crippen molar-refractivity contribution in [2.75, 3.05) is 12.8 Å². The molecule has 2 aromatic heterocycles. The number of aromatic nitrogens is 5. The highest BCUT2D eigenvalue weighted by atomic mass is 16.6. The van der Waals surface area contributed by atoms with Gasteiger partial charge in [-0.1, -0.05) is 11.3 Å². The zero-order valence-electron chi connectivity index (χ0n) is 13.2. The molecule has 26 heavy (non-hydrogen) atoms. The lowest BCUT2D eigenvalue weighted by Crippen LogP contribution is -2.31. The molecule has 3 rings (SSSR count). The van der Waals surface area contributed by atoms with E-state index in [0.29, 0.717) is 0 Å². The van der Waals surface area contributed by atoms with Gasteiger partial charge in [0.1, 0.15) is 6.10 Å². The molecule has 1 unspecified atom stereocenters. The lowest BCUT2D eigenvalue weighted by atomic mass is 10.0. The predicted molar refractivity (Wildman–Crippen MR) is 83.8 cm³/mol. The first-order chi connectivity index (χ1) is 12.5. The molecule has 4 N–H and O–H groups in total. The van der Waals surface area contributed by atoms with Crippen LogP contribution in [-0.2, 0) is 9.53 Å². The van der Waals surface area contributed by atoms with Crippen molar-refractivity contribution in [1.82, 2.24) is 30.7 Å². The van der Waals surface area contributed by atoms with Gasteiger partial charge in [-0.15, -0.1) is 5.10 Å². The van der Waals surface area contributed by atoms with Gasteiger partial charge in [-0.3, -0.25) is 4.79 Å². The molecule has 0 aromatic carbocycles. The Morgan fingerprint density at radius 1 is 1.46 bits per heavy atom. The van der Waals surface area contributed by atoms with E-state index in [2.05, 4.69) is 40.5 Å². The molecule has 2 aromatic rings. The van der Waals surface area contributed by atoms with Crippen LogP contribution >= 0.6 is 0 Å². The number of amides is 1. The number of hydrazone groups is 1. The number of nitrogens with one attached hydrogen (secondary N) is 1. The molecule has 134 valence electrons. The van der Waals surface area contributed by atoms with Crippen molar-refractivity contribution in [3.8, 4) is 5.82 Å². The van der Waals surface area contributed by atoms with Gasteiger partial charge in [0.05, 0.1) is 24.6 Å². The number of rotatable bonds is 4. The SMILES string of the molecule is COC(=O)C1=CC=CC(=NNC(=O)c2cn(-c3nonc3N)nn2)C1O. The highest BCUT2D eigenvalue weighted by molar-refractivity contribution is 6.09. The van der Waals surface area contributed by atoms with Gasteiger partial charge in [0.2, 0.25) is 11.6 Å². The Hall–Kier alpha value is -3.87. The number of carbonyl (C=O) groups is 2. The number of methoxy groups -OCH3 is 1. The summed E-state index contributed by atoms with van der Waals surface area (Å²) < 4.78 is 10.1. The molecule has 1 aliphatic rings. The predicted octanol–water partition coefficient (Wildman–Crippen LogP) is -1.65. The first-order valence-corrected chi connectivity index (χ1v) is 7.04. The fraction of sp³-hybridized carbons (Fsp3) is 0.154. The number of aliphatic hydroxyl groups is 1. The molecule has 13 nitrogen and oxygen atoms in total. The summed E-state index contributed by atoms with van der Waals surface area (Å²) in [5, 5.41) is 28.1. The summed E-state index contributed by atoms with van der Waals surface area (Å²) in [5.41, 5.74) is 7.65. The largest absolute Gasteiger partial charge is 0.466 e. The summed E-state index contributed by atoms with van der Waals surface area (Å²) in [6.07, 6.45) is 4.19. The Labute approximate surface area is 144 Å². The number of nitrogen functional groups attached to an aromatic ring is 1. The maximum absolute atomic E-state index is 12.1. The van der Waals surface area contributed by atoms with E-state index in [4.69, 9.17) is 5.73 Å². The number of nitrogens with two attached hydrogens (primary N) is 1. The molecule has 0 saturated heterocycles. The van der Waals surface area contributed by atoms with E-state index < -0.39 is 18.0 Å². The normalized spacial score (nSPS) is 17.8. The molecule has 0 spiro atoms. The van der Waals surface area contributed by atoms with Gasteiger partial charge >= 0.3 is 5.97 Å². The van der Waals surface area contributed by atoms with Crippen molar-refractivity contribution < 1.29 is 24.1 Å². The van der Waals surface area contributed by atoms with Crippen molar-refractivity contribution >= 4 is 23.4 Å². The van der Waals surface area contributed by atoms with Crippen LogP contribution < -0.4 is 11.2 Å². The molecule has 0 bridgehead atoms. The van der Waals surface area contributed by atoms with E-state index in [0.717, 1.165) is 4.68 Å². The monoisotopic (exact) mass is 360 g/mol. The van der Waals surface area contributed by atoms with E-state index in [9.17, 15) is 14.7 Å². The first kappa shape index (κ1) is 17.0. The molecule has 0 aliphatic heterocycles. The fourth-order valence-electron chi connectivity index (χ4n) is 1.98. The molecule has 0 saturated carbocycles. The minimum absolute atomic E-state index is 0.0112. The van der Waals surface area contributed by atoms with E-state index in [1.807, 2.05) is 0 Å². The zero-order chi connectivity index (χ0) is 18.7. The summed E-state index contributed by atoms with van der Waals surface area (Å²) in [4.78, 5) is 23.6.